The predicted molar refractivity (Wildman–Crippen MR) is 95.8 cm³/mol. The molecule has 1 fully saturated rings. The molecule has 21 heavy (non-hydrogen) atoms. The van der Waals surface area contributed by atoms with E-state index >= 15 is 0 Å². The van der Waals surface area contributed by atoms with Crippen LogP contribution in [0.2, 0.25) is 5.02 Å². The molecule has 1 N–H and O–H groups in total. The van der Waals surface area contributed by atoms with Gasteiger partial charge in [0, 0.05) is 27.4 Å². The van der Waals surface area contributed by atoms with E-state index in [0.717, 1.165) is 16.7 Å². The van der Waals surface area contributed by atoms with Crippen LogP contribution in [0.5, 0.6) is 0 Å². The molecule has 0 aliphatic carbocycles. The zero-order valence-corrected chi connectivity index (χ0v) is 14.7. The molecule has 5 heteroatoms. The molecule has 1 aromatic heterocycles. The first-order chi connectivity index (χ1) is 10.2. The van der Waals surface area contributed by atoms with Gasteiger partial charge in [0.2, 0.25) is 0 Å². The minimum absolute atomic E-state index is 0.233. The van der Waals surface area contributed by atoms with Crippen LogP contribution in [-0.4, -0.2) is 29.1 Å². The normalized spacial score (nSPS) is 24.3. The molecule has 2 aromatic rings. The van der Waals surface area contributed by atoms with Crippen molar-refractivity contribution in [3.8, 4) is 0 Å². The molecule has 1 aromatic carbocycles. The largest absolute Gasteiger partial charge is 0.458 e. The molecule has 3 rings (SSSR count). The molecule has 2 heterocycles. The number of halogens is 1. The number of para-hydroxylation sites is 1. The van der Waals surface area contributed by atoms with Crippen LogP contribution in [0.15, 0.2) is 28.7 Å². The van der Waals surface area contributed by atoms with Crippen LogP contribution in [0.25, 0.3) is 11.0 Å². The highest BCUT2D eigenvalue weighted by atomic mass is 35.5. The van der Waals surface area contributed by atoms with E-state index in [-0.39, 0.29) is 6.04 Å². The minimum Gasteiger partial charge on any atom is -0.458 e. The van der Waals surface area contributed by atoms with Gasteiger partial charge in [-0.15, -0.1) is 0 Å². The number of thioether (sulfide) groups is 2. The SMILES string of the molecule is CCC1SCCSC1C(NC)c1cc2cccc(Cl)c2o1. The summed E-state index contributed by atoms with van der Waals surface area (Å²) in [5, 5.41) is 6.44. The molecule has 1 aliphatic heterocycles. The summed E-state index contributed by atoms with van der Waals surface area (Å²) in [4.78, 5) is 0. The first-order valence-corrected chi connectivity index (χ1v) is 9.80. The maximum Gasteiger partial charge on any atom is 0.152 e. The smallest absolute Gasteiger partial charge is 0.152 e. The van der Waals surface area contributed by atoms with Gasteiger partial charge < -0.3 is 9.73 Å². The molecule has 0 bridgehead atoms. The van der Waals surface area contributed by atoms with Gasteiger partial charge in [0.25, 0.3) is 0 Å². The van der Waals surface area contributed by atoms with E-state index in [1.54, 1.807) is 0 Å². The Hall–Kier alpha value is -0.290. The zero-order chi connectivity index (χ0) is 14.8. The average molecular weight is 342 g/mol. The molecule has 0 spiro atoms. The highest BCUT2D eigenvalue weighted by Gasteiger charge is 2.34. The Morgan fingerprint density at radius 1 is 1.38 bits per heavy atom. The van der Waals surface area contributed by atoms with Gasteiger partial charge in [-0.3, -0.25) is 0 Å². The number of benzene rings is 1. The molecule has 114 valence electrons. The number of furan rings is 1. The Kier molecular flexibility index (Phi) is 5.10. The lowest BCUT2D eigenvalue weighted by Gasteiger charge is -2.34. The summed E-state index contributed by atoms with van der Waals surface area (Å²) in [6.45, 7) is 2.28. The Balaban J connectivity index is 1.95. The van der Waals surface area contributed by atoms with Crippen LogP contribution < -0.4 is 5.32 Å². The second kappa shape index (κ2) is 6.86. The van der Waals surface area contributed by atoms with E-state index in [1.165, 1.54) is 17.9 Å². The Labute approximate surface area is 139 Å². The highest BCUT2D eigenvalue weighted by molar-refractivity contribution is 8.07. The molecule has 0 radical (unpaired) electrons. The molecule has 2 nitrogen and oxygen atoms in total. The summed E-state index contributed by atoms with van der Waals surface area (Å²) < 4.78 is 6.08. The number of rotatable bonds is 4. The van der Waals surface area contributed by atoms with Crippen molar-refractivity contribution >= 4 is 46.1 Å². The molecular weight excluding hydrogens is 322 g/mol. The van der Waals surface area contributed by atoms with Crippen LogP contribution in [-0.2, 0) is 0 Å². The molecule has 3 unspecified atom stereocenters. The average Bonchev–Trinajstić information content (AvgIpc) is 2.94. The first kappa shape index (κ1) is 15.6. The summed E-state index contributed by atoms with van der Waals surface area (Å²) >= 11 is 10.4. The van der Waals surface area contributed by atoms with E-state index in [0.29, 0.717) is 15.5 Å². The van der Waals surface area contributed by atoms with Crippen molar-refractivity contribution in [2.45, 2.75) is 29.9 Å². The van der Waals surface area contributed by atoms with Crippen molar-refractivity contribution in [3.63, 3.8) is 0 Å². The summed E-state index contributed by atoms with van der Waals surface area (Å²) in [6.07, 6.45) is 1.20. The Morgan fingerprint density at radius 2 is 2.19 bits per heavy atom. The third-order valence-electron chi connectivity index (χ3n) is 3.96. The second-order valence-electron chi connectivity index (χ2n) is 5.23. The first-order valence-electron chi connectivity index (χ1n) is 7.33. The zero-order valence-electron chi connectivity index (χ0n) is 12.3. The minimum atomic E-state index is 0.233. The molecule has 3 atom stereocenters. The van der Waals surface area contributed by atoms with E-state index < -0.39 is 0 Å². The summed E-state index contributed by atoms with van der Waals surface area (Å²) in [6, 6.07) is 8.27. The van der Waals surface area contributed by atoms with Crippen LogP contribution in [0.4, 0.5) is 0 Å². The van der Waals surface area contributed by atoms with E-state index in [1.807, 2.05) is 19.2 Å². The van der Waals surface area contributed by atoms with Gasteiger partial charge in [-0.1, -0.05) is 30.7 Å². The standard InChI is InChI=1S/C16H20ClNOS2/c1-3-13-16(21-8-7-20-13)14(18-2)12-9-10-5-4-6-11(17)15(10)19-12/h4-6,9,13-14,16,18H,3,7-8H2,1-2H3. The quantitative estimate of drug-likeness (QED) is 0.848. The van der Waals surface area contributed by atoms with E-state index in [9.17, 15) is 0 Å². The van der Waals surface area contributed by atoms with Crippen molar-refractivity contribution in [2.24, 2.45) is 0 Å². The fraction of sp³-hybridized carbons (Fsp3) is 0.500. The molecule has 0 saturated carbocycles. The van der Waals surface area contributed by atoms with Gasteiger partial charge in [-0.05, 0) is 25.6 Å². The van der Waals surface area contributed by atoms with Crippen molar-refractivity contribution in [1.29, 1.82) is 0 Å². The lowest BCUT2D eigenvalue weighted by Crippen LogP contribution is -2.37. The van der Waals surface area contributed by atoms with Crippen molar-refractivity contribution in [2.75, 3.05) is 18.6 Å². The topological polar surface area (TPSA) is 25.2 Å². The second-order valence-corrected chi connectivity index (χ2v) is 8.27. The third kappa shape index (κ3) is 3.09. The van der Waals surface area contributed by atoms with Crippen molar-refractivity contribution in [3.05, 3.63) is 35.0 Å². The fourth-order valence-corrected chi connectivity index (χ4v) is 6.40. The molecule has 1 saturated heterocycles. The van der Waals surface area contributed by atoms with E-state index in [4.69, 9.17) is 16.0 Å². The van der Waals surface area contributed by atoms with Gasteiger partial charge >= 0.3 is 0 Å². The maximum absolute atomic E-state index is 6.24. The fourth-order valence-electron chi connectivity index (χ4n) is 2.92. The Morgan fingerprint density at radius 3 is 2.90 bits per heavy atom. The summed E-state index contributed by atoms with van der Waals surface area (Å²) in [7, 11) is 2.02. The number of fused-ring (bicyclic) bond motifs is 1. The van der Waals surface area contributed by atoms with Crippen LogP contribution in [0.1, 0.15) is 25.1 Å². The summed E-state index contributed by atoms with van der Waals surface area (Å²) in [5.41, 5.74) is 0.802. The van der Waals surface area contributed by atoms with Crippen LogP contribution in [0, 0.1) is 0 Å². The maximum atomic E-state index is 6.24. The number of hydrogen-bond donors (Lipinski definition) is 1. The van der Waals surface area contributed by atoms with Crippen molar-refractivity contribution < 1.29 is 4.42 Å². The summed E-state index contributed by atoms with van der Waals surface area (Å²) in [5.74, 6) is 3.46. The Bertz CT molecular complexity index is 615. The van der Waals surface area contributed by atoms with Gasteiger partial charge in [0.15, 0.2) is 5.58 Å². The number of hydrogen-bond acceptors (Lipinski definition) is 4. The lowest BCUT2D eigenvalue weighted by atomic mass is 10.1. The van der Waals surface area contributed by atoms with Crippen LogP contribution in [0.3, 0.4) is 0 Å². The van der Waals surface area contributed by atoms with Gasteiger partial charge in [0.1, 0.15) is 5.76 Å². The van der Waals surface area contributed by atoms with Gasteiger partial charge in [-0.25, -0.2) is 0 Å². The highest BCUT2D eigenvalue weighted by Crippen LogP contribution is 2.41. The molecule has 1 aliphatic rings. The van der Waals surface area contributed by atoms with Gasteiger partial charge in [-0.2, -0.15) is 23.5 Å². The van der Waals surface area contributed by atoms with Crippen LogP contribution >= 0.6 is 35.1 Å². The third-order valence-corrected chi connectivity index (χ3v) is 7.60. The van der Waals surface area contributed by atoms with Gasteiger partial charge in [0.05, 0.1) is 11.1 Å². The monoisotopic (exact) mass is 341 g/mol. The van der Waals surface area contributed by atoms with E-state index in [2.05, 4.69) is 47.9 Å². The number of nitrogens with one attached hydrogen (secondary N) is 1. The molecule has 0 amide bonds. The van der Waals surface area contributed by atoms with Crippen molar-refractivity contribution in [1.82, 2.24) is 5.32 Å². The predicted octanol–water partition coefficient (Wildman–Crippen LogP) is 4.97. The molecular formula is C16H20ClNOS2. The lowest BCUT2D eigenvalue weighted by molar-refractivity contribution is 0.434.